The van der Waals surface area contributed by atoms with Crippen molar-refractivity contribution in [3.63, 3.8) is 0 Å². The van der Waals surface area contributed by atoms with Crippen LogP contribution in [0.2, 0.25) is 0 Å². The fourth-order valence-electron chi connectivity index (χ4n) is 1.27. The Morgan fingerprint density at radius 1 is 0.778 bits per heavy atom. The maximum absolute atomic E-state index is 9.25. The predicted molar refractivity (Wildman–Crippen MR) is 70.9 cm³/mol. The first-order valence-corrected chi connectivity index (χ1v) is 7.07. The lowest BCUT2D eigenvalue weighted by Crippen LogP contribution is -2.38. The first-order valence-electron chi connectivity index (χ1n) is 7.07. The van der Waals surface area contributed by atoms with E-state index in [0.717, 1.165) is 38.5 Å². The van der Waals surface area contributed by atoms with Gasteiger partial charge in [-0.05, 0) is 19.3 Å². The SMILES string of the molecule is CCCCOC(C#N)(OCCCC)OCCCC. The molecular weight excluding hydrogens is 230 g/mol. The molecule has 0 aromatic rings. The molecule has 0 amide bonds. The van der Waals surface area contributed by atoms with Gasteiger partial charge < -0.3 is 14.2 Å². The number of unbranched alkanes of at least 4 members (excludes halogenated alkanes) is 3. The smallest absolute Gasteiger partial charge is 0.315 e. The molecule has 4 nitrogen and oxygen atoms in total. The van der Waals surface area contributed by atoms with E-state index in [1.165, 1.54) is 0 Å². The largest absolute Gasteiger partial charge is 0.378 e. The van der Waals surface area contributed by atoms with Crippen molar-refractivity contribution in [1.29, 1.82) is 5.26 Å². The van der Waals surface area contributed by atoms with Crippen molar-refractivity contribution < 1.29 is 14.2 Å². The third kappa shape index (κ3) is 7.65. The van der Waals surface area contributed by atoms with Gasteiger partial charge in [-0.2, -0.15) is 5.26 Å². The number of rotatable bonds is 12. The second-order valence-electron chi connectivity index (χ2n) is 4.27. The zero-order valence-electron chi connectivity index (χ0n) is 12.0. The average Bonchev–Trinajstić information content (AvgIpc) is 2.39. The van der Waals surface area contributed by atoms with Gasteiger partial charge in [0, 0.05) is 0 Å². The van der Waals surface area contributed by atoms with Gasteiger partial charge in [0.1, 0.15) is 0 Å². The Morgan fingerprint density at radius 2 is 1.11 bits per heavy atom. The molecular formula is C14H27NO3. The first-order chi connectivity index (χ1) is 8.74. The summed E-state index contributed by atoms with van der Waals surface area (Å²) in [6, 6.07) is 2.03. The molecule has 0 spiro atoms. The van der Waals surface area contributed by atoms with Gasteiger partial charge in [-0.15, -0.1) is 0 Å². The monoisotopic (exact) mass is 257 g/mol. The van der Waals surface area contributed by atoms with Gasteiger partial charge in [0.2, 0.25) is 0 Å². The maximum Gasteiger partial charge on any atom is 0.378 e. The van der Waals surface area contributed by atoms with Crippen LogP contribution in [-0.4, -0.2) is 25.8 Å². The van der Waals surface area contributed by atoms with Crippen LogP contribution in [0.5, 0.6) is 0 Å². The molecule has 0 N–H and O–H groups in total. The Bertz CT molecular complexity index is 199. The number of hydrogen-bond donors (Lipinski definition) is 0. The van der Waals surface area contributed by atoms with Gasteiger partial charge in [-0.1, -0.05) is 40.0 Å². The summed E-state index contributed by atoms with van der Waals surface area (Å²) in [6.45, 7) is 7.70. The van der Waals surface area contributed by atoms with Gasteiger partial charge in [-0.3, -0.25) is 0 Å². The van der Waals surface area contributed by atoms with Crippen LogP contribution in [0.1, 0.15) is 59.3 Å². The summed E-state index contributed by atoms with van der Waals surface area (Å²) in [6.07, 6.45) is 5.76. The predicted octanol–water partition coefficient (Wildman–Crippen LogP) is 3.61. The standard InChI is InChI=1S/C14H27NO3/c1-4-7-10-16-14(13-15,17-11-8-5-2)18-12-9-6-3/h4-12H2,1-3H3. The summed E-state index contributed by atoms with van der Waals surface area (Å²) >= 11 is 0. The second-order valence-corrected chi connectivity index (χ2v) is 4.27. The molecule has 0 aliphatic heterocycles. The second kappa shape index (κ2) is 11.5. The first kappa shape index (κ1) is 17.4. The van der Waals surface area contributed by atoms with Crippen LogP contribution in [0, 0.1) is 11.3 Å². The molecule has 0 fully saturated rings. The third-order valence-corrected chi connectivity index (χ3v) is 2.51. The highest BCUT2D eigenvalue weighted by atomic mass is 16.9. The van der Waals surface area contributed by atoms with Crippen molar-refractivity contribution in [2.45, 2.75) is 65.3 Å². The molecule has 0 aliphatic carbocycles. The van der Waals surface area contributed by atoms with E-state index >= 15 is 0 Å². The van der Waals surface area contributed by atoms with Crippen LogP contribution in [-0.2, 0) is 14.2 Å². The van der Waals surface area contributed by atoms with E-state index in [-0.39, 0.29) is 0 Å². The summed E-state index contributed by atoms with van der Waals surface area (Å²) in [5.41, 5.74) is 0. The highest BCUT2D eigenvalue weighted by molar-refractivity contribution is 4.86. The molecule has 18 heavy (non-hydrogen) atoms. The summed E-state index contributed by atoms with van der Waals surface area (Å²) in [7, 11) is 0. The number of nitrogens with zero attached hydrogens (tertiary/aromatic N) is 1. The molecule has 0 rings (SSSR count). The van der Waals surface area contributed by atoms with Gasteiger partial charge >= 0.3 is 5.97 Å². The lowest BCUT2D eigenvalue weighted by Gasteiger charge is -2.26. The summed E-state index contributed by atoms with van der Waals surface area (Å²) in [5.74, 6) is -1.50. The van der Waals surface area contributed by atoms with Crippen LogP contribution in [0.3, 0.4) is 0 Å². The lowest BCUT2D eigenvalue weighted by molar-refractivity contribution is -0.345. The molecule has 0 aromatic carbocycles. The Hall–Kier alpha value is -0.630. The number of ether oxygens (including phenoxy) is 3. The van der Waals surface area contributed by atoms with Crippen LogP contribution in [0.15, 0.2) is 0 Å². The van der Waals surface area contributed by atoms with E-state index in [9.17, 15) is 5.26 Å². The van der Waals surface area contributed by atoms with Gasteiger partial charge in [0.15, 0.2) is 6.07 Å². The summed E-state index contributed by atoms with van der Waals surface area (Å²) < 4.78 is 16.5. The van der Waals surface area contributed by atoms with Crippen molar-refractivity contribution in [2.75, 3.05) is 19.8 Å². The summed E-state index contributed by atoms with van der Waals surface area (Å²) in [5, 5.41) is 9.25. The van der Waals surface area contributed by atoms with E-state index in [0.29, 0.717) is 19.8 Å². The van der Waals surface area contributed by atoms with Crippen molar-refractivity contribution in [3.8, 4) is 6.07 Å². The van der Waals surface area contributed by atoms with Crippen molar-refractivity contribution >= 4 is 0 Å². The minimum Gasteiger partial charge on any atom is -0.315 e. The summed E-state index contributed by atoms with van der Waals surface area (Å²) in [4.78, 5) is 0. The molecule has 4 heteroatoms. The molecule has 0 unspecified atom stereocenters. The molecule has 0 radical (unpaired) electrons. The molecule has 0 aromatic heterocycles. The minimum atomic E-state index is -1.50. The van der Waals surface area contributed by atoms with Crippen LogP contribution in [0.25, 0.3) is 0 Å². The normalized spacial score (nSPS) is 11.4. The Kier molecular flexibility index (Phi) is 11.1. The topological polar surface area (TPSA) is 51.5 Å². The molecule has 0 saturated carbocycles. The number of nitriles is 1. The Labute approximate surface area is 111 Å². The Morgan fingerprint density at radius 3 is 1.33 bits per heavy atom. The van der Waals surface area contributed by atoms with Crippen molar-refractivity contribution in [2.24, 2.45) is 0 Å². The molecule has 0 heterocycles. The van der Waals surface area contributed by atoms with Crippen molar-refractivity contribution in [3.05, 3.63) is 0 Å². The minimum absolute atomic E-state index is 0.488. The van der Waals surface area contributed by atoms with Crippen LogP contribution < -0.4 is 0 Å². The molecule has 0 saturated heterocycles. The molecule has 0 aliphatic rings. The van der Waals surface area contributed by atoms with Crippen LogP contribution >= 0.6 is 0 Å². The number of hydrogen-bond acceptors (Lipinski definition) is 4. The molecule has 0 atom stereocenters. The van der Waals surface area contributed by atoms with E-state index < -0.39 is 5.97 Å². The highest BCUT2D eigenvalue weighted by Gasteiger charge is 2.33. The maximum atomic E-state index is 9.25. The quantitative estimate of drug-likeness (QED) is 0.396. The fourth-order valence-corrected chi connectivity index (χ4v) is 1.27. The van der Waals surface area contributed by atoms with Gasteiger partial charge in [0.25, 0.3) is 0 Å². The van der Waals surface area contributed by atoms with E-state index in [1.54, 1.807) is 0 Å². The zero-order chi connectivity index (χ0) is 13.7. The third-order valence-electron chi connectivity index (χ3n) is 2.51. The molecule has 106 valence electrons. The molecule has 0 bridgehead atoms. The average molecular weight is 257 g/mol. The van der Waals surface area contributed by atoms with E-state index in [1.807, 2.05) is 6.07 Å². The Balaban J connectivity index is 4.27. The zero-order valence-corrected chi connectivity index (χ0v) is 12.0. The highest BCUT2D eigenvalue weighted by Crippen LogP contribution is 2.17. The van der Waals surface area contributed by atoms with Crippen molar-refractivity contribution in [1.82, 2.24) is 0 Å². The van der Waals surface area contributed by atoms with Gasteiger partial charge in [-0.25, -0.2) is 0 Å². The van der Waals surface area contributed by atoms with E-state index in [4.69, 9.17) is 14.2 Å². The van der Waals surface area contributed by atoms with Gasteiger partial charge in [0.05, 0.1) is 19.8 Å². The fraction of sp³-hybridized carbons (Fsp3) is 0.929. The van der Waals surface area contributed by atoms with Crippen LogP contribution in [0.4, 0.5) is 0 Å². The lowest BCUT2D eigenvalue weighted by atomic mass is 10.3. The van der Waals surface area contributed by atoms with E-state index in [2.05, 4.69) is 20.8 Å².